The van der Waals surface area contributed by atoms with E-state index >= 15 is 0 Å². The average molecular weight is 317 g/mol. The van der Waals surface area contributed by atoms with Gasteiger partial charge in [-0.25, -0.2) is 0 Å². The van der Waals surface area contributed by atoms with E-state index in [0.29, 0.717) is 32.2 Å². The Kier molecular flexibility index (Phi) is 3.99. The van der Waals surface area contributed by atoms with Gasteiger partial charge in [0, 0.05) is 17.6 Å². The van der Waals surface area contributed by atoms with Crippen LogP contribution in [0.5, 0.6) is 5.75 Å². The highest BCUT2D eigenvalue weighted by molar-refractivity contribution is 7.80. The smallest absolute Gasteiger partial charge is 0.276 e. The topological polar surface area (TPSA) is 41.6 Å². The van der Waals surface area contributed by atoms with Gasteiger partial charge < -0.3 is 10.1 Å². The molecule has 19 heavy (non-hydrogen) atoms. The van der Waals surface area contributed by atoms with Gasteiger partial charge in [0.25, 0.3) is 5.91 Å². The third-order valence-electron chi connectivity index (χ3n) is 2.62. The first-order chi connectivity index (χ1) is 8.93. The predicted molar refractivity (Wildman–Crippen MR) is 79.5 cm³/mol. The molecule has 0 saturated carbocycles. The first-order valence-electron chi connectivity index (χ1n) is 5.28. The maximum absolute atomic E-state index is 11.9. The lowest BCUT2D eigenvalue weighted by atomic mass is 10.1. The summed E-state index contributed by atoms with van der Waals surface area (Å²) in [6, 6.07) is 3.24. The number of carbonyl (C=O) groups excluding carboxylic acids is 1. The van der Waals surface area contributed by atoms with E-state index in [1.165, 1.54) is 12.0 Å². The number of ether oxygens (including phenoxy) is 1. The van der Waals surface area contributed by atoms with Crippen LogP contribution < -0.4 is 10.1 Å². The van der Waals surface area contributed by atoms with E-state index in [1.54, 1.807) is 25.3 Å². The standard InChI is InChI=1S/C12H10Cl2N2O2S/c1-16-11(17)9(15-12(16)19)4-6-3-7(13)5-8(14)10(6)18-2/h3-5H,1-2H3,(H,15,19)/b9-4-. The van der Waals surface area contributed by atoms with E-state index in [9.17, 15) is 4.79 Å². The lowest BCUT2D eigenvalue weighted by Crippen LogP contribution is -2.25. The summed E-state index contributed by atoms with van der Waals surface area (Å²) in [4.78, 5) is 13.2. The number of nitrogens with one attached hydrogen (secondary N) is 1. The molecule has 1 aromatic rings. The summed E-state index contributed by atoms with van der Waals surface area (Å²) in [5.41, 5.74) is 0.957. The lowest BCUT2D eigenvalue weighted by Gasteiger charge is -2.08. The molecular formula is C12H10Cl2N2O2S. The van der Waals surface area contributed by atoms with Crippen molar-refractivity contribution in [3.8, 4) is 5.75 Å². The number of benzene rings is 1. The Balaban J connectivity index is 2.49. The zero-order chi connectivity index (χ0) is 14.2. The molecular weight excluding hydrogens is 307 g/mol. The first-order valence-corrected chi connectivity index (χ1v) is 6.44. The minimum absolute atomic E-state index is 0.219. The minimum Gasteiger partial charge on any atom is -0.495 e. The van der Waals surface area contributed by atoms with Crippen LogP contribution in [0.15, 0.2) is 17.8 Å². The molecule has 0 spiro atoms. The van der Waals surface area contributed by atoms with Crippen LogP contribution in [-0.2, 0) is 4.79 Å². The number of nitrogens with zero attached hydrogens (tertiary/aromatic N) is 1. The molecule has 1 amide bonds. The number of halogens is 2. The molecule has 1 aliphatic heterocycles. The van der Waals surface area contributed by atoms with Gasteiger partial charge in [0.2, 0.25) is 0 Å². The molecule has 1 saturated heterocycles. The van der Waals surface area contributed by atoms with Crippen molar-refractivity contribution in [1.82, 2.24) is 10.2 Å². The SMILES string of the molecule is COc1c(Cl)cc(Cl)cc1/C=C1\NC(=S)N(C)C1=O. The van der Waals surface area contributed by atoms with Crippen LogP contribution in [0.3, 0.4) is 0 Å². The molecule has 7 heteroatoms. The number of thiocarbonyl (C=S) groups is 1. The number of hydrogen-bond acceptors (Lipinski definition) is 3. The summed E-state index contributed by atoms with van der Waals surface area (Å²) in [7, 11) is 3.10. The van der Waals surface area contributed by atoms with E-state index in [1.807, 2.05) is 0 Å². The van der Waals surface area contributed by atoms with Gasteiger partial charge in [-0.15, -0.1) is 0 Å². The molecule has 0 radical (unpaired) electrons. The van der Waals surface area contributed by atoms with Gasteiger partial charge in [-0.2, -0.15) is 0 Å². The summed E-state index contributed by atoms with van der Waals surface area (Å²) in [6.07, 6.45) is 1.61. The van der Waals surface area contributed by atoms with E-state index in [0.717, 1.165) is 0 Å². The molecule has 100 valence electrons. The van der Waals surface area contributed by atoms with Gasteiger partial charge in [-0.1, -0.05) is 23.2 Å². The van der Waals surface area contributed by atoms with Gasteiger partial charge >= 0.3 is 0 Å². The average Bonchev–Trinajstić information content (AvgIpc) is 2.57. The molecule has 0 aliphatic carbocycles. The Hall–Kier alpha value is -1.30. The van der Waals surface area contributed by atoms with Crippen LogP contribution in [0.4, 0.5) is 0 Å². The molecule has 1 N–H and O–H groups in total. The van der Waals surface area contributed by atoms with Gasteiger partial charge in [0.05, 0.1) is 12.1 Å². The van der Waals surface area contributed by atoms with Crippen molar-refractivity contribution in [3.05, 3.63) is 33.4 Å². The van der Waals surface area contributed by atoms with Crippen LogP contribution in [0.2, 0.25) is 10.0 Å². The fourth-order valence-corrected chi connectivity index (χ4v) is 2.46. The van der Waals surface area contributed by atoms with Crippen molar-refractivity contribution >= 4 is 52.5 Å². The van der Waals surface area contributed by atoms with Crippen molar-refractivity contribution in [2.75, 3.05) is 14.2 Å². The van der Waals surface area contributed by atoms with Gasteiger partial charge in [0.15, 0.2) is 5.11 Å². The summed E-state index contributed by atoms with van der Waals surface area (Å²) in [5, 5.41) is 4.01. The summed E-state index contributed by atoms with van der Waals surface area (Å²) >= 11 is 17.0. The Morgan fingerprint density at radius 1 is 1.42 bits per heavy atom. The second-order valence-electron chi connectivity index (χ2n) is 3.86. The Morgan fingerprint density at radius 3 is 2.63 bits per heavy atom. The molecule has 1 aromatic carbocycles. The lowest BCUT2D eigenvalue weighted by molar-refractivity contribution is -0.121. The minimum atomic E-state index is -0.219. The number of rotatable bonds is 2. The highest BCUT2D eigenvalue weighted by Crippen LogP contribution is 2.33. The highest BCUT2D eigenvalue weighted by Gasteiger charge is 2.27. The number of methoxy groups -OCH3 is 1. The molecule has 2 rings (SSSR count). The van der Waals surface area contributed by atoms with E-state index in [2.05, 4.69) is 5.32 Å². The third-order valence-corrected chi connectivity index (χ3v) is 3.50. The van der Waals surface area contributed by atoms with Gasteiger partial charge in [0.1, 0.15) is 11.4 Å². The number of carbonyl (C=O) groups is 1. The van der Waals surface area contributed by atoms with Crippen LogP contribution in [0.25, 0.3) is 6.08 Å². The third kappa shape index (κ3) is 2.68. The van der Waals surface area contributed by atoms with Crippen LogP contribution in [0.1, 0.15) is 5.56 Å². The Bertz CT molecular complexity index is 602. The van der Waals surface area contributed by atoms with Crippen molar-refractivity contribution in [2.24, 2.45) is 0 Å². The molecule has 0 bridgehead atoms. The van der Waals surface area contributed by atoms with Crippen LogP contribution in [0, 0.1) is 0 Å². The Labute approximate surface area is 125 Å². The molecule has 1 fully saturated rings. The second kappa shape index (κ2) is 5.36. The fraction of sp³-hybridized carbons (Fsp3) is 0.167. The number of likely N-dealkylation sites (N-methyl/N-ethyl adjacent to an activating group) is 1. The molecule has 1 aliphatic rings. The van der Waals surface area contributed by atoms with Crippen molar-refractivity contribution in [1.29, 1.82) is 0 Å². The largest absolute Gasteiger partial charge is 0.495 e. The monoisotopic (exact) mass is 316 g/mol. The second-order valence-corrected chi connectivity index (χ2v) is 5.09. The summed E-state index contributed by atoms with van der Waals surface area (Å²) in [5.74, 6) is 0.233. The molecule has 0 unspecified atom stereocenters. The number of amides is 1. The van der Waals surface area contributed by atoms with Gasteiger partial charge in [-0.05, 0) is 30.4 Å². The van der Waals surface area contributed by atoms with Crippen LogP contribution in [-0.4, -0.2) is 30.1 Å². The fourth-order valence-electron chi connectivity index (χ4n) is 1.68. The normalized spacial score (nSPS) is 17.1. The quantitative estimate of drug-likeness (QED) is 0.673. The first kappa shape index (κ1) is 14.1. The Morgan fingerprint density at radius 2 is 2.11 bits per heavy atom. The van der Waals surface area contributed by atoms with E-state index in [4.69, 9.17) is 40.2 Å². The van der Waals surface area contributed by atoms with Crippen molar-refractivity contribution in [3.63, 3.8) is 0 Å². The van der Waals surface area contributed by atoms with Gasteiger partial charge in [-0.3, -0.25) is 9.69 Å². The maximum Gasteiger partial charge on any atom is 0.276 e. The summed E-state index contributed by atoms with van der Waals surface area (Å²) in [6.45, 7) is 0. The van der Waals surface area contributed by atoms with E-state index < -0.39 is 0 Å². The summed E-state index contributed by atoms with van der Waals surface area (Å²) < 4.78 is 5.21. The zero-order valence-corrected chi connectivity index (χ0v) is 12.5. The van der Waals surface area contributed by atoms with Crippen LogP contribution >= 0.6 is 35.4 Å². The highest BCUT2D eigenvalue weighted by atomic mass is 35.5. The van der Waals surface area contributed by atoms with E-state index in [-0.39, 0.29) is 5.91 Å². The molecule has 1 heterocycles. The maximum atomic E-state index is 11.9. The molecule has 0 atom stereocenters. The van der Waals surface area contributed by atoms with Crippen molar-refractivity contribution in [2.45, 2.75) is 0 Å². The molecule has 0 aromatic heterocycles. The molecule has 4 nitrogen and oxygen atoms in total. The van der Waals surface area contributed by atoms with Crippen molar-refractivity contribution < 1.29 is 9.53 Å². The zero-order valence-electron chi connectivity index (χ0n) is 10.2. The number of hydrogen-bond donors (Lipinski definition) is 1. The predicted octanol–water partition coefficient (Wildman–Crippen LogP) is 2.69.